The fourth-order valence-corrected chi connectivity index (χ4v) is 3.52. The predicted octanol–water partition coefficient (Wildman–Crippen LogP) is 4.57. The third-order valence-corrected chi connectivity index (χ3v) is 5.24. The maximum absolute atomic E-state index is 14.7. The summed E-state index contributed by atoms with van der Waals surface area (Å²) < 4.78 is 14.7. The van der Waals surface area contributed by atoms with Crippen molar-refractivity contribution in [3.8, 4) is 11.4 Å². The van der Waals surface area contributed by atoms with Crippen molar-refractivity contribution < 1.29 is 4.39 Å². The van der Waals surface area contributed by atoms with E-state index in [0.29, 0.717) is 27.8 Å². The van der Waals surface area contributed by atoms with Gasteiger partial charge in [-0.3, -0.25) is 9.97 Å². The fraction of sp³-hybridized carbons (Fsp3) is 0.0476. The molecule has 2 N–H and O–H groups in total. The van der Waals surface area contributed by atoms with E-state index in [-0.39, 0.29) is 11.8 Å². The van der Waals surface area contributed by atoms with Gasteiger partial charge in [-0.1, -0.05) is 17.8 Å². The molecule has 4 rings (SSSR count). The maximum atomic E-state index is 14.7. The van der Waals surface area contributed by atoms with Crippen molar-refractivity contribution in [3.63, 3.8) is 0 Å². The lowest BCUT2D eigenvalue weighted by atomic mass is 10.2. The Hall–Kier alpha value is -3.52. The molecule has 4 aromatic rings. The van der Waals surface area contributed by atoms with Crippen LogP contribution in [0.4, 0.5) is 21.8 Å². The summed E-state index contributed by atoms with van der Waals surface area (Å²) >= 11 is 1.35. The Bertz CT molecular complexity index is 1120. The van der Waals surface area contributed by atoms with E-state index >= 15 is 0 Å². The Labute approximate surface area is 171 Å². The van der Waals surface area contributed by atoms with Gasteiger partial charge in [-0.05, 0) is 42.5 Å². The lowest BCUT2D eigenvalue weighted by Crippen LogP contribution is -2.13. The van der Waals surface area contributed by atoms with E-state index in [1.54, 1.807) is 42.7 Å². The molecule has 0 saturated heterocycles. The van der Waals surface area contributed by atoms with Crippen LogP contribution in [-0.2, 0) is 0 Å². The van der Waals surface area contributed by atoms with E-state index in [1.807, 2.05) is 36.4 Å². The van der Waals surface area contributed by atoms with E-state index in [0.717, 1.165) is 4.90 Å². The minimum absolute atomic E-state index is 0.125. The van der Waals surface area contributed by atoms with Crippen molar-refractivity contribution in [2.45, 2.75) is 9.79 Å². The summed E-state index contributed by atoms with van der Waals surface area (Å²) in [5.74, 6) is 0.357. The number of pyridine rings is 2. The van der Waals surface area contributed by atoms with Gasteiger partial charge >= 0.3 is 0 Å². The van der Waals surface area contributed by atoms with Gasteiger partial charge in [-0.15, -0.1) is 0 Å². The van der Waals surface area contributed by atoms with Crippen LogP contribution in [0.25, 0.3) is 11.4 Å². The van der Waals surface area contributed by atoms with Crippen LogP contribution < -0.4 is 10.6 Å². The zero-order valence-electron chi connectivity index (χ0n) is 15.5. The molecule has 0 aliphatic rings. The molecular weight excluding hydrogens is 387 g/mol. The van der Waals surface area contributed by atoms with Gasteiger partial charge in [0.2, 0.25) is 5.95 Å². The largest absolute Gasteiger partial charge is 0.368 e. The second-order valence-electron chi connectivity index (χ2n) is 6.14. The van der Waals surface area contributed by atoms with E-state index in [4.69, 9.17) is 5.73 Å². The van der Waals surface area contributed by atoms with Gasteiger partial charge in [0.1, 0.15) is 11.6 Å². The maximum Gasteiger partial charge on any atom is 0.222 e. The Morgan fingerprint density at radius 1 is 0.931 bits per heavy atom. The summed E-state index contributed by atoms with van der Waals surface area (Å²) in [6.07, 6.45) is 5.05. The molecule has 0 bridgehead atoms. The van der Waals surface area contributed by atoms with Crippen molar-refractivity contribution in [1.82, 2.24) is 19.9 Å². The average molecular weight is 404 g/mol. The van der Waals surface area contributed by atoms with Crippen LogP contribution >= 0.6 is 11.8 Å². The van der Waals surface area contributed by atoms with Crippen LogP contribution in [0.3, 0.4) is 0 Å². The van der Waals surface area contributed by atoms with Gasteiger partial charge < -0.3 is 10.6 Å². The fourth-order valence-electron chi connectivity index (χ4n) is 2.72. The molecule has 0 radical (unpaired) electrons. The monoisotopic (exact) mass is 404 g/mol. The number of hydrogen-bond donors (Lipinski definition) is 1. The SMILES string of the molecule is CN(c1ccc(Sc2ccncc2)c(F)c1)c1cc(-c2ccccn2)nc(N)n1. The second-order valence-corrected chi connectivity index (χ2v) is 7.26. The van der Waals surface area contributed by atoms with Crippen LogP contribution in [0.2, 0.25) is 0 Å². The summed E-state index contributed by atoms with van der Waals surface area (Å²) in [6, 6.07) is 16.1. The molecule has 29 heavy (non-hydrogen) atoms. The van der Waals surface area contributed by atoms with Crippen LogP contribution in [0.1, 0.15) is 0 Å². The molecule has 0 atom stereocenters. The Morgan fingerprint density at radius 3 is 2.48 bits per heavy atom. The molecular formula is C21H17FN6S. The topological polar surface area (TPSA) is 80.8 Å². The lowest BCUT2D eigenvalue weighted by molar-refractivity contribution is 0.602. The first kappa shape index (κ1) is 18.8. The molecule has 0 aliphatic heterocycles. The molecule has 0 fully saturated rings. The molecule has 0 saturated carbocycles. The van der Waals surface area contributed by atoms with Crippen molar-refractivity contribution in [2.24, 2.45) is 0 Å². The number of aromatic nitrogens is 4. The summed E-state index contributed by atoms with van der Waals surface area (Å²) in [7, 11) is 1.80. The Morgan fingerprint density at radius 2 is 1.76 bits per heavy atom. The molecule has 1 aromatic carbocycles. The third-order valence-electron chi connectivity index (χ3n) is 4.18. The molecule has 0 aliphatic carbocycles. The molecule has 3 aromatic heterocycles. The van der Waals surface area contributed by atoms with Gasteiger partial charge in [0, 0.05) is 47.2 Å². The molecule has 3 heterocycles. The summed E-state index contributed by atoms with van der Waals surface area (Å²) in [4.78, 5) is 20.0. The zero-order valence-corrected chi connectivity index (χ0v) is 16.3. The smallest absolute Gasteiger partial charge is 0.222 e. The minimum atomic E-state index is -0.317. The van der Waals surface area contributed by atoms with E-state index in [1.165, 1.54) is 17.8 Å². The highest BCUT2D eigenvalue weighted by atomic mass is 32.2. The molecule has 0 spiro atoms. The summed E-state index contributed by atoms with van der Waals surface area (Å²) in [6.45, 7) is 0. The van der Waals surface area contributed by atoms with Crippen molar-refractivity contribution in [2.75, 3.05) is 17.7 Å². The first-order chi connectivity index (χ1) is 14.1. The number of nitrogens with zero attached hydrogens (tertiary/aromatic N) is 5. The molecule has 8 heteroatoms. The van der Waals surface area contributed by atoms with Crippen molar-refractivity contribution in [1.29, 1.82) is 0 Å². The number of halogens is 1. The van der Waals surface area contributed by atoms with E-state index < -0.39 is 0 Å². The van der Waals surface area contributed by atoms with Crippen LogP contribution in [0, 0.1) is 5.82 Å². The summed E-state index contributed by atoms with van der Waals surface area (Å²) in [5, 5.41) is 0. The molecule has 0 unspecified atom stereocenters. The van der Waals surface area contributed by atoms with Gasteiger partial charge in [-0.2, -0.15) is 4.98 Å². The van der Waals surface area contributed by atoms with Gasteiger partial charge in [0.05, 0.1) is 11.4 Å². The van der Waals surface area contributed by atoms with Crippen molar-refractivity contribution >= 4 is 29.2 Å². The first-order valence-corrected chi connectivity index (χ1v) is 9.59. The van der Waals surface area contributed by atoms with Gasteiger partial charge in [0.15, 0.2) is 0 Å². The number of hydrogen-bond acceptors (Lipinski definition) is 7. The highest BCUT2D eigenvalue weighted by Crippen LogP contribution is 2.33. The Balaban J connectivity index is 1.62. The average Bonchev–Trinajstić information content (AvgIpc) is 2.75. The quantitative estimate of drug-likeness (QED) is 0.522. The van der Waals surface area contributed by atoms with Crippen LogP contribution in [0.5, 0.6) is 0 Å². The third kappa shape index (κ3) is 4.33. The first-order valence-electron chi connectivity index (χ1n) is 8.77. The Kier molecular flexibility index (Phi) is 5.35. The van der Waals surface area contributed by atoms with E-state index in [9.17, 15) is 4.39 Å². The van der Waals surface area contributed by atoms with Crippen LogP contribution in [-0.4, -0.2) is 27.0 Å². The number of benzene rings is 1. The van der Waals surface area contributed by atoms with Gasteiger partial charge in [-0.25, -0.2) is 9.37 Å². The normalized spacial score (nSPS) is 10.7. The predicted molar refractivity (Wildman–Crippen MR) is 112 cm³/mol. The molecule has 0 amide bonds. The molecule has 6 nitrogen and oxygen atoms in total. The number of rotatable bonds is 5. The number of anilines is 3. The zero-order chi connectivity index (χ0) is 20.2. The lowest BCUT2D eigenvalue weighted by Gasteiger charge is -2.20. The summed E-state index contributed by atoms with van der Waals surface area (Å²) in [5.41, 5.74) is 7.83. The number of nitrogens with two attached hydrogens (primary N) is 1. The van der Waals surface area contributed by atoms with Crippen molar-refractivity contribution in [3.05, 3.63) is 79.0 Å². The standard InChI is InChI=1S/C21H17FN6S/c1-28(20-13-18(26-21(23)27-20)17-4-2-3-9-25-17)14-5-6-19(16(22)12-14)29-15-7-10-24-11-8-15/h2-13H,1H3,(H2,23,26,27). The second kappa shape index (κ2) is 8.24. The minimum Gasteiger partial charge on any atom is -0.368 e. The van der Waals surface area contributed by atoms with Crippen LogP contribution in [0.15, 0.2) is 83.0 Å². The van der Waals surface area contributed by atoms with E-state index in [2.05, 4.69) is 19.9 Å². The highest BCUT2D eigenvalue weighted by molar-refractivity contribution is 7.99. The number of nitrogen functional groups attached to an aromatic ring is 1. The molecule has 144 valence electrons. The highest BCUT2D eigenvalue weighted by Gasteiger charge is 2.13. The van der Waals surface area contributed by atoms with Gasteiger partial charge in [0.25, 0.3) is 0 Å².